The van der Waals surface area contributed by atoms with E-state index in [1.54, 1.807) is 21.6 Å². The summed E-state index contributed by atoms with van der Waals surface area (Å²) in [6.07, 6.45) is 1.94. The summed E-state index contributed by atoms with van der Waals surface area (Å²) in [5.74, 6) is 0.0380. The number of piperazine rings is 1. The van der Waals surface area contributed by atoms with Crippen LogP contribution in [0.5, 0.6) is 0 Å². The first-order valence-electron chi connectivity index (χ1n) is 8.36. The van der Waals surface area contributed by atoms with Gasteiger partial charge in [0.2, 0.25) is 18.2 Å². The molecule has 6 heteroatoms. The Hall–Kier alpha value is -2.37. The first-order valence-corrected chi connectivity index (χ1v) is 8.36. The first-order chi connectivity index (χ1) is 11.6. The van der Waals surface area contributed by atoms with E-state index in [0.29, 0.717) is 45.7 Å². The minimum atomic E-state index is -0.00972. The molecule has 0 atom stereocenters. The average molecular weight is 331 g/mol. The van der Waals surface area contributed by atoms with Gasteiger partial charge in [-0.15, -0.1) is 0 Å². The van der Waals surface area contributed by atoms with E-state index in [1.807, 2.05) is 30.3 Å². The summed E-state index contributed by atoms with van der Waals surface area (Å²) in [5.41, 5.74) is 1.18. The fourth-order valence-electron chi connectivity index (χ4n) is 2.80. The summed E-state index contributed by atoms with van der Waals surface area (Å²) >= 11 is 0. The molecule has 0 saturated carbocycles. The van der Waals surface area contributed by atoms with Gasteiger partial charge >= 0.3 is 0 Å². The van der Waals surface area contributed by atoms with Crippen LogP contribution >= 0.6 is 0 Å². The van der Waals surface area contributed by atoms with Crippen molar-refractivity contribution >= 4 is 18.2 Å². The maximum atomic E-state index is 12.3. The maximum absolute atomic E-state index is 12.3. The fraction of sp³-hybridized carbons (Fsp3) is 0.500. The molecule has 3 amide bonds. The van der Waals surface area contributed by atoms with Gasteiger partial charge in [-0.2, -0.15) is 0 Å². The Balaban J connectivity index is 1.77. The Morgan fingerprint density at radius 1 is 1.08 bits per heavy atom. The van der Waals surface area contributed by atoms with Crippen molar-refractivity contribution in [2.45, 2.75) is 19.8 Å². The SMILES string of the molecule is CC(=O)N(CCC(=O)N1CCN(C=O)CC1)CCc1ccccc1. The van der Waals surface area contributed by atoms with Crippen LogP contribution < -0.4 is 0 Å². The zero-order valence-corrected chi connectivity index (χ0v) is 14.2. The van der Waals surface area contributed by atoms with E-state index < -0.39 is 0 Å². The molecule has 0 aromatic heterocycles. The van der Waals surface area contributed by atoms with Gasteiger partial charge in [-0.25, -0.2) is 0 Å². The van der Waals surface area contributed by atoms with Crippen molar-refractivity contribution in [1.82, 2.24) is 14.7 Å². The van der Waals surface area contributed by atoms with Crippen LogP contribution in [0.2, 0.25) is 0 Å². The van der Waals surface area contributed by atoms with Crippen molar-refractivity contribution in [3.63, 3.8) is 0 Å². The average Bonchev–Trinajstić information content (AvgIpc) is 2.62. The van der Waals surface area contributed by atoms with Gasteiger partial charge in [-0.05, 0) is 12.0 Å². The van der Waals surface area contributed by atoms with Gasteiger partial charge in [0.15, 0.2) is 0 Å². The van der Waals surface area contributed by atoms with Crippen LogP contribution in [0, 0.1) is 0 Å². The molecule has 1 aromatic carbocycles. The third-order valence-corrected chi connectivity index (χ3v) is 4.37. The Morgan fingerprint density at radius 2 is 1.75 bits per heavy atom. The molecule has 0 bridgehead atoms. The molecule has 2 rings (SSSR count). The van der Waals surface area contributed by atoms with Gasteiger partial charge in [-0.3, -0.25) is 14.4 Å². The van der Waals surface area contributed by atoms with Crippen molar-refractivity contribution < 1.29 is 14.4 Å². The van der Waals surface area contributed by atoms with E-state index in [-0.39, 0.29) is 11.8 Å². The van der Waals surface area contributed by atoms with Gasteiger partial charge in [-0.1, -0.05) is 30.3 Å². The quantitative estimate of drug-likeness (QED) is 0.693. The second-order valence-corrected chi connectivity index (χ2v) is 6.01. The van der Waals surface area contributed by atoms with E-state index in [1.165, 1.54) is 5.56 Å². The molecule has 1 aliphatic heterocycles. The number of carbonyl (C=O) groups excluding carboxylic acids is 3. The molecule has 1 aliphatic rings. The summed E-state index contributed by atoms with van der Waals surface area (Å²) < 4.78 is 0. The Morgan fingerprint density at radius 3 is 2.33 bits per heavy atom. The lowest BCUT2D eigenvalue weighted by atomic mass is 10.1. The van der Waals surface area contributed by atoms with E-state index in [0.717, 1.165) is 12.8 Å². The number of rotatable bonds is 7. The summed E-state index contributed by atoms with van der Waals surface area (Å²) in [7, 11) is 0. The molecule has 1 saturated heterocycles. The van der Waals surface area contributed by atoms with Gasteiger partial charge in [0.25, 0.3) is 0 Å². The van der Waals surface area contributed by atoms with E-state index >= 15 is 0 Å². The van der Waals surface area contributed by atoms with Crippen LogP contribution in [-0.2, 0) is 20.8 Å². The molecular formula is C18H25N3O3. The monoisotopic (exact) mass is 331 g/mol. The number of benzene rings is 1. The number of hydrogen-bond acceptors (Lipinski definition) is 3. The lowest BCUT2D eigenvalue weighted by molar-refractivity contribution is -0.136. The van der Waals surface area contributed by atoms with Crippen LogP contribution in [0.4, 0.5) is 0 Å². The number of nitrogens with zero attached hydrogens (tertiary/aromatic N) is 3. The highest BCUT2D eigenvalue weighted by molar-refractivity contribution is 5.78. The normalized spacial score (nSPS) is 14.4. The van der Waals surface area contributed by atoms with E-state index in [9.17, 15) is 14.4 Å². The molecule has 0 radical (unpaired) electrons. The third kappa shape index (κ3) is 5.37. The number of hydrogen-bond donors (Lipinski definition) is 0. The van der Waals surface area contributed by atoms with E-state index in [4.69, 9.17) is 0 Å². The Bertz CT molecular complexity index is 554. The van der Waals surface area contributed by atoms with Crippen LogP contribution in [0.1, 0.15) is 18.9 Å². The lowest BCUT2D eigenvalue weighted by Crippen LogP contribution is -2.48. The summed E-state index contributed by atoms with van der Waals surface area (Å²) in [5, 5.41) is 0. The van der Waals surface area contributed by atoms with Gasteiger partial charge in [0.05, 0.1) is 0 Å². The highest BCUT2D eigenvalue weighted by atomic mass is 16.2. The standard InChI is InChI=1S/C18H25N3O3/c1-16(23)20(9-7-17-5-3-2-4-6-17)10-8-18(24)21-13-11-19(15-22)12-14-21/h2-6,15H,7-14H2,1H3. The first kappa shape index (κ1) is 18.0. The molecule has 6 nitrogen and oxygen atoms in total. The molecule has 0 unspecified atom stereocenters. The predicted molar refractivity (Wildman–Crippen MR) is 91.2 cm³/mol. The molecule has 1 fully saturated rings. The largest absolute Gasteiger partial charge is 0.342 e. The fourth-order valence-corrected chi connectivity index (χ4v) is 2.80. The molecule has 0 spiro atoms. The molecule has 1 aromatic rings. The minimum absolute atomic E-state index is 0.00972. The van der Waals surface area contributed by atoms with Crippen molar-refractivity contribution in [2.24, 2.45) is 0 Å². The maximum Gasteiger partial charge on any atom is 0.224 e. The van der Waals surface area contributed by atoms with Gasteiger partial charge in [0, 0.05) is 52.6 Å². The van der Waals surface area contributed by atoms with Gasteiger partial charge in [0.1, 0.15) is 0 Å². The van der Waals surface area contributed by atoms with Crippen LogP contribution in [0.3, 0.4) is 0 Å². The number of amides is 3. The number of carbonyl (C=O) groups is 3. The summed E-state index contributed by atoms with van der Waals surface area (Å²) in [6.45, 7) is 4.90. The molecule has 0 N–H and O–H groups in total. The molecule has 130 valence electrons. The molecule has 0 aliphatic carbocycles. The Labute approximate surface area is 143 Å². The van der Waals surface area contributed by atoms with Crippen LogP contribution in [-0.4, -0.2) is 72.2 Å². The molecule has 24 heavy (non-hydrogen) atoms. The van der Waals surface area contributed by atoms with Gasteiger partial charge < -0.3 is 14.7 Å². The second kappa shape index (κ2) is 9.05. The third-order valence-electron chi connectivity index (χ3n) is 4.37. The predicted octanol–water partition coefficient (Wildman–Crippen LogP) is 0.768. The minimum Gasteiger partial charge on any atom is -0.342 e. The van der Waals surface area contributed by atoms with Crippen LogP contribution in [0.15, 0.2) is 30.3 Å². The highest BCUT2D eigenvalue weighted by Crippen LogP contribution is 2.06. The van der Waals surface area contributed by atoms with Crippen molar-refractivity contribution in [1.29, 1.82) is 0 Å². The highest BCUT2D eigenvalue weighted by Gasteiger charge is 2.21. The Kier molecular flexibility index (Phi) is 6.78. The van der Waals surface area contributed by atoms with Crippen molar-refractivity contribution in [2.75, 3.05) is 39.3 Å². The second-order valence-electron chi connectivity index (χ2n) is 6.01. The zero-order valence-electron chi connectivity index (χ0n) is 14.2. The van der Waals surface area contributed by atoms with Crippen molar-refractivity contribution in [3.8, 4) is 0 Å². The van der Waals surface area contributed by atoms with Crippen LogP contribution in [0.25, 0.3) is 0 Å². The summed E-state index contributed by atoms with van der Waals surface area (Å²) in [4.78, 5) is 39.9. The summed E-state index contributed by atoms with van der Waals surface area (Å²) in [6, 6.07) is 10.0. The topological polar surface area (TPSA) is 60.9 Å². The molecular weight excluding hydrogens is 306 g/mol. The zero-order chi connectivity index (χ0) is 17.4. The van der Waals surface area contributed by atoms with E-state index in [2.05, 4.69) is 0 Å². The van der Waals surface area contributed by atoms with Crippen molar-refractivity contribution in [3.05, 3.63) is 35.9 Å². The smallest absolute Gasteiger partial charge is 0.224 e. The lowest BCUT2D eigenvalue weighted by Gasteiger charge is -2.33. The molecule has 1 heterocycles.